The number of methoxy groups -OCH3 is 2. The van der Waals surface area contributed by atoms with Crippen LogP contribution < -0.4 is 30.3 Å². The Morgan fingerprint density at radius 1 is 0.925 bits per heavy atom. The maximum atomic E-state index is 13.9. The maximum Gasteiger partial charge on any atom is 0.305 e. The summed E-state index contributed by atoms with van der Waals surface area (Å²) in [6, 6.07) is 14.5. The van der Waals surface area contributed by atoms with E-state index in [1.165, 1.54) is 28.1 Å². The van der Waals surface area contributed by atoms with Gasteiger partial charge in [0.1, 0.15) is 18.7 Å². The summed E-state index contributed by atoms with van der Waals surface area (Å²) in [6.07, 6.45) is 2.01. The van der Waals surface area contributed by atoms with Crippen molar-refractivity contribution in [1.82, 2.24) is 10.6 Å². The van der Waals surface area contributed by atoms with Gasteiger partial charge in [0.05, 0.1) is 31.5 Å². The highest BCUT2D eigenvalue weighted by molar-refractivity contribution is 6.17. The van der Waals surface area contributed by atoms with E-state index in [4.69, 9.17) is 26.1 Å². The maximum absolute atomic E-state index is 13.9. The lowest BCUT2D eigenvalue weighted by molar-refractivity contribution is -0.140. The van der Waals surface area contributed by atoms with Crippen molar-refractivity contribution in [2.24, 2.45) is 4.99 Å². The van der Waals surface area contributed by atoms with Crippen molar-refractivity contribution >= 4 is 64.0 Å². The molecule has 0 saturated heterocycles. The molecule has 3 aromatic rings. The van der Waals surface area contributed by atoms with E-state index < -0.39 is 23.9 Å². The van der Waals surface area contributed by atoms with Crippen LogP contribution in [0.1, 0.15) is 73.5 Å². The largest absolute Gasteiger partial charge is 0.493 e. The van der Waals surface area contributed by atoms with E-state index in [-0.39, 0.29) is 49.2 Å². The summed E-state index contributed by atoms with van der Waals surface area (Å²) in [5, 5.41) is 8.05. The SMILES string of the molecule is COC(=O)CCCCC(=O)N[C@@H](C)C(=O)N[C@@H](C)C(=O)Nc1cc(CCl)cc(COc2cc3c(cc2OC)C(=O)N2c4ccccc4C[C@H]2C(C)=N3)c1. The summed E-state index contributed by atoms with van der Waals surface area (Å²) in [6.45, 7) is 5.06. The van der Waals surface area contributed by atoms with Gasteiger partial charge in [-0.15, -0.1) is 11.6 Å². The fraction of sp³-hybridized carbons (Fsp3) is 0.385. The number of carbonyl (C=O) groups excluding carboxylic acids is 5. The van der Waals surface area contributed by atoms with E-state index in [1.54, 1.807) is 29.2 Å². The van der Waals surface area contributed by atoms with Crippen LogP contribution in [0, 0.1) is 0 Å². The summed E-state index contributed by atoms with van der Waals surface area (Å²) < 4.78 is 16.5. The molecule has 0 saturated carbocycles. The molecule has 0 aromatic heterocycles. The van der Waals surface area contributed by atoms with Gasteiger partial charge in [-0.25, -0.2) is 0 Å². The number of ether oxygens (including phenoxy) is 3. The van der Waals surface area contributed by atoms with E-state index in [9.17, 15) is 24.0 Å². The molecule has 14 heteroatoms. The zero-order chi connectivity index (χ0) is 38.2. The number of fused-ring (bicyclic) bond motifs is 4. The Morgan fingerprint density at radius 2 is 1.64 bits per heavy atom. The molecule has 3 aromatic carbocycles. The van der Waals surface area contributed by atoms with Gasteiger partial charge in [0.15, 0.2) is 11.5 Å². The van der Waals surface area contributed by atoms with Gasteiger partial charge in [-0.05, 0) is 74.6 Å². The third kappa shape index (κ3) is 9.33. The lowest BCUT2D eigenvalue weighted by Crippen LogP contribution is -2.50. The monoisotopic (exact) mass is 745 g/mol. The molecule has 280 valence electrons. The van der Waals surface area contributed by atoms with Gasteiger partial charge >= 0.3 is 5.97 Å². The van der Waals surface area contributed by atoms with Crippen LogP contribution in [0.25, 0.3) is 0 Å². The predicted molar refractivity (Wildman–Crippen MR) is 201 cm³/mol. The molecule has 0 aliphatic carbocycles. The zero-order valence-corrected chi connectivity index (χ0v) is 31.2. The fourth-order valence-corrected chi connectivity index (χ4v) is 6.45. The number of hydrogen-bond acceptors (Lipinski definition) is 9. The van der Waals surface area contributed by atoms with Crippen LogP contribution in [-0.2, 0) is 42.8 Å². The highest BCUT2D eigenvalue weighted by atomic mass is 35.5. The van der Waals surface area contributed by atoms with Crippen molar-refractivity contribution in [2.75, 3.05) is 24.4 Å². The molecule has 0 bridgehead atoms. The summed E-state index contributed by atoms with van der Waals surface area (Å²) in [5.41, 5.74) is 5.55. The first-order valence-electron chi connectivity index (χ1n) is 17.4. The molecule has 2 aliphatic rings. The van der Waals surface area contributed by atoms with Gasteiger partial charge in [-0.3, -0.25) is 33.9 Å². The fourth-order valence-electron chi connectivity index (χ4n) is 6.30. The molecule has 2 aliphatic heterocycles. The van der Waals surface area contributed by atoms with Crippen LogP contribution in [0.4, 0.5) is 17.1 Å². The van der Waals surface area contributed by atoms with Gasteiger partial charge < -0.3 is 30.2 Å². The second kappa shape index (κ2) is 17.4. The Hall–Kier alpha value is -5.43. The number of benzene rings is 3. The molecule has 0 radical (unpaired) electrons. The van der Waals surface area contributed by atoms with Gasteiger partial charge in [0, 0.05) is 48.3 Å². The first-order valence-corrected chi connectivity index (χ1v) is 17.9. The van der Waals surface area contributed by atoms with Crippen LogP contribution in [0.5, 0.6) is 11.5 Å². The first kappa shape index (κ1) is 38.8. The third-order valence-electron chi connectivity index (χ3n) is 9.14. The highest BCUT2D eigenvalue weighted by Crippen LogP contribution is 2.42. The number of aliphatic imine (C=N–C) groups is 1. The number of para-hydroxylation sites is 1. The average molecular weight is 746 g/mol. The normalized spacial score (nSPS) is 15.4. The molecule has 0 unspecified atom stereocenters. The summed E-state index contributed by atoms with van der Waals surface area (Å²) in [4.78, 5) is 69.9. The number of amides is 4. The molecule has 0 fully saturated rings. The Bertz CT molecular complexity index is 1930. The molecule has 3 N–H and O–H groups in total. The average Bonchev–Trinajstić information content (AvgIpc) is 3.51. The molecule has 0 spiro atoms. The van der Waals surface area contributed by atoms with E-state index in [0.29, 0.717) is 53.3 Å². The van der Waals surface area contributed by atoms with E-state index in [0.717, 1.165) is 22.5 Å². The predicted octanol–water partition coefficient (Wildman–Crippen LogP) is 5.37. The lowest BCUT2D eigenvalue weighted by Gasteiger charge is -2.23. The summed E-state index contributed by atoms with van der Waals surface area (Å²) in [5.74, 6) is -0.930. The molecule has 3 atom stereocenters. The standard InChI is InChI=1S/C39H44ClN5O8/c1-22-32-17-27-10-6-7-11-31(27)45(32)39(50)29-18-33(51-4)34(19-30(29)41-22)53-21-26-14-25(20-40)15-28(16-26)44-38(49)24(3)43-37(48)23(2)42-35(46)12-8-9-13-36(47)52-5/h6-7,10-11,14-16,18-19,23-24,32H,8-9,12-13,17,20-21H2,1-5H3,(H,42,46)(H,43,48)(H,44,49)/t23-,24-,32-/m0/s1. The Balaban J connectivity index is 1.21. The quantitative estimate of drug-likeness (QED) is 0.106. The third-order valence-corrected chi connectivity index (χ3v) is 9.45. The second-order valence-corrected chi connectivity index (χ2v) is 13.3. The molecule has 5 rings (SSSR count). The molecular weight excluding hydrogens is 702 g/mol. The van der Waals surface area contributed by atoms with Crippen molar-refractivity contribution in [3.8, 4) is 11.5 Å². The van der Waals surface area contributed by atoms with Crippen molar-refractivity contribution in [1.29, 1.82) is 0 Å². The number of anilines is 2. The van der Waals surface area contributed by atoms with Crippen LogP contribution in [-0.4, -0.2) is 67.7 Å². The molecule has 53 heavy (non-hydrogen) atoms. The topological polar surface area (TPSA) is 165 Å². The summed E-state index contributed by atoms with van der Waals surface area (Å²) in [7, 11) is 2.81. The number of carbonyl (C=O) groups is 5. The Kier molecular flexibility index (Phi) is 12.7. The second-order valence-electron chi connectivity index (χ2n) is 13.0. The number of esters is 1. The Labute approximate surface area is 313 Å². The number of nitrogens with zero attached hydrogens (tertiary/aromatic N) is 2. The number of hydrogen-bond donors (Lipinski definition) is 3. The highest BCUT2D eigenvalue weighted by Gasteiger charge is 2.39. The molecule has 4 amide bonds. The molecular formula is C39H44ClN5O8. The Morgan fingerprint density at radius 3 is 2.38 bits per heavy atom. The van der Waals surface area contributed by atoms with E-state index in [2.05, 4.69) is 20.7 Å². The van der Waals surface area contributed by atoms with Crippen LogP contribution >= 0.6 is 11.6 Å². The number of alkyl halides is 1. The number of unbranched alkanes of at least 4 members (excludes halogenated alkanes) is 1. The lowest BCUT2D eigenvalue weighted by atomic mass is 10.1. The van der Waals surface area contributed by atoms with Gasteiger partial charge in [0.2, 0.25) is 17.7 Å². The van der Waals surface area contributed by atoms with Crippen LogP contribution in [0.15, 0.2) is 59.6 Å². The molecule has 2 heterocycles. The zero-order valence-electron chi connectivity index (χ0n) is 30.4. The number of rotatable bonds is 15. The number of nitrogens with one attached hydrogen (secondary N) is 3. The minimum atomic E-state index is -0.929. The van der Waals surface area contributed by atoms with Crippen LogP contribution in [0.2, 0.25) is 0 Å². The first-order chi connectivity index (χ1) is 25.4. The summed E-state index contributed by atoms with van der Waals surface area (Å²) >= 11 is 6.20. The van der Waals surface area contributed by atoms with Gasteiger partial charge in [-0.2, -0.15) is 0 Å². The smallest absolute Gasteiger partial charge is 0.305 e. The minimum absolute atomic E-state index is 0.0771. The van der Waals surface area contributed by atoms with E-state index >= 15 is 0 Å². The van der Waals surface area contributed by atoms with Crippen LogP contribution in [0.3, 0.4) is 0 Å². The van der Waals surface area contributed by atoms with Crippen molar-refractivity contribution in [3.05, 3.63) is 76.9 Å². The number of halogens is 1. The van der Waals surface area contributed by atoms with Crippen molar-refractivity contribution < 1.29 is 38.2 Å². The minimum Gasteiger partial charge on any atom is -0.493 e. The van der Waals surface area contributed by atoms with Crippen molar-refractivity contribution in [2.45, 2.75) is 83.5 Å². The van der Waals surface area contributed by atoms with Gasteiger partial charge in [0.25, 0.3) is 5.91 Å². The van der Waals surface area contributed by atoms with Gasteiger partial charge in [-0.1, -0.05) is 24.3 Å². The van der Waals surface area contributed by atoms with E-state index in [1.807, 2.05) is 37.3 Å². The van der Waals surface area contributed by atoms with Crippen molar-refractivity contribution in [3.63, 3.8) is 0 Å². The molecule has 13 nitrogen and oxygen atoms in total.